The zero-order valence-electron chi connectivity index (χ0n) is 11.9. The van der Waals surface area contributed by atoms with Crippen LogP contribution in [0.5, 0.6) is 11.5 Å². The van der Waals surface area contributed by atoms with Crippen LogP contribution in [0, 0.1) is 17.2 Å². The van der Waals surface area contributed by atoms with Crippen LogP contribution in [0.4, 0.5) is 0 Å². The van der Waals surface area contributed by atoms with Crippen molar-refractivity contribution in [3.8, 4) is 17.6 Å². The molecule has 3 unspecified atom stereocenters. The summed E-state index contributed by atoms with van der Waals surface area (Å²) in [4.78, 5) is 0. The predicted molar refractivity (Wildman–Crippen MR) is 73.8 cm³/mol. The van der Waals surface area contributed by atoms with E-state index >= 15 is 0 Å². The first-order valence-electron chi connectivity index (χ1n) is 7.11. The maximum Gasteiger partial charge on any atom is 0.125 e. The van der Waals surface area contributed by atoms with Gasteiger partial charge in [0, 0.05) is 24.2 Å². The van der Waals surface area contributed by atoms with Crippen LogP contribution in [0.25, 0.3) is 0 Å². The Hall–Kier alpha value is -1.73. The zero-order valence-corrected chi connectivity index (χ0v) is 11.9. The van der Waals surface area contributed by atoms with Crippen LogP contribution in [0.3, 0.4) is 0 Å². The van der Waals surface area contributed by atoms with Crippen LogP contribution in [0.1, 0.15) is 37.0 Å². The highest BCUT2D eigenvalue weighted by Gasteiger charge is 2.32. The van der Waals surface area contributed by atoms with Crippen molar-refractivity contribution in [2.75, 3.05) is 13.7 Å². The van der Waals surface area contributed by atoms with Gasteiger partial charge < -0.3 is 14.2 Å². The van der Waals surface area contributed by atoms with Crippen molar-refractivity contribution in [1.29, 1.82) is 5.26 Å². The van der Waals surface area contributed by atoms with Gasteiger partial charge in [0.05, 0.1) is 19.1 Å². The van der Waals surface area contributed by atoms with Gasteiger partial charge in [-0.3, -0.25) is 0 Å². The number of hydrogen-bond donors (Lipinski definition) is 0. The topological polar surface area (TPSA) is 51.5 Å². The van der Waals surface area contributed by atoms with Crippen molar-refractivity contribution >= 4 is 0 Å². The molecular formula is C16H19NO3. The van der Waals surface area contributed by atoms with E-state index in [0.29, 0.717) is 6.61 Å². The number of nitrogens with zero attached hydrogens (tertiary/aromatic N) is 1. The van der Waals surface area contributed by atoms with Gasteiger partial charge in [-0.1, -0.05) is 0 Å². The Bertz CT molecular complexity index is 549. The molecule has 0 aliphatic carbocycles. The molecule has 1 aromatic carbocycles. The van der Waals surface area contributed by atoms with E-state index in [-0.39, 0.29) is 18.1 Å². The van der Waals surface area contributed by atoms with Gasteiger partial charge in [-0.05, 0) is 31.9 Å². The molecular weight excluding hydrogens is 254 g/mol. The van der Waals surface area contributed by atoms with Crippen molar-refractivity contribution in [3.63, 3.8) is 0 Å². The number of rotatable bonds is 2. The number of hydrogen-bond acceptors (Lipinski definition) is 4. The predicted octanol–water partition coefficient (Wildman–Crippen LogP) is 3.01. The number of nitriles is 1. The van der Waals surface area contributed by atoms with E-state index in [1.165, 1.54) is 5.56 Å². The number of ether oxygens (including phenoxy) is 3. The Kier molecular flexibility index (Phi) is 3.54. The van der Waals surface area contributed by atoms with Gasteiger partial charge in [-0.2, -0.15) is 5.26 Å². The van der Waals surface area contributed by atoms with Crippen molar-refractivity contribution < 1.29 is 14.2 Å². The highest BCUT2D eigenvalue weighted by Crippen LogP contribution is 2.42. The lowest BCUT2D eigenvalue weighted by atomic mass is 9.89. The zero-order chi connectivity index (χ0) is 14.1. The molecule has 106 valence electrons. The second-order valence-corrected chi connectivity index (χ2v) is 5.50. The molecule has 1 aromatic rings. The summed E-state index contributed by atoms with van der Waals surface area (Å²) in [7, 11) is 1.66. The first-order valence-corrected chi connectivity index (χ1v) is 7.11. The van der Waals surface area contributed by atoms with Gasteiger partial charge in [0.25, 0.3) is 0 Å². The van der Waals surface area contributed by atoms with Crippen LogP contribution in [0.2, 0.25) is 0 Å². The summed E-state index contributed by atoms with van der Waals surface area (Å²) in [6.07, 6.45) is 2.70. The van der Waals surface area contributed by atoms with E-state index in [0.717, 1.165) is 36.3 Å². The van der Waals surface area contributed by atoms with Gasteiger partial charge >= 0.3 is 0 Å². The summed E-state index contributed by atoms with van der Waals surface area (Å²) < 4.78 is 17.2. The van der Waals surface area contributed by atoms with Gasteiger partial charge in [-0.15, -0.1) is 0 Å². The molecule has 1 saturated heterocycles. The lowest BCUT2D eigenvalue weighted by molar-refractivity contribution is -0.0115. The Labute approximate surface area is 119 Å². The molecule has 0 amide bonds. The average molecular weight is 273 g/mol. The summed E-state index contributed by atoms with van der Waals surface area (Å²) in [5.41, 5.74) is 2.11. The Morgan fingerprint density at radius 1 is 1.40 bits per heavy atom. The monoisotopic (exact) mass is 273 g/mol. The van der Waals surface area contributed by atoms with Gasteiger partial charge in [0.15, 0.2) is 0 Å². The maximum absolute atomic E-state index is 9.32. The Morgan fingerprint density at radius 3 is 3.00 bits per heavy atom. The molecule has 0 saturated carbocycles. The first kappa shape index (κ1) is 13.3. The molecule has 2 aliphatic rings. The largest absolute Gasteiger partial charge is 0.496 e. The molecule has 4 heteroatoms. The van der Waals surface area contributed by atoms with E-state index in [2.05, 4.69) is 13.0 Å². The van der Waals surface area contributed by atoms with E-state index in [1.807, 2.05) is 12.1 Å². The molecule has 4 nitrogen and oxygen atoms in total. The molecule has 0 spiro atoms. The second kappa shape index (κ2) is 5.34. The molecule has 0 N–H and O–H groups in total. The fourth-order valence-corrected chi connectivity index (χ4v) is 3.07. The van der Waals surface area contributed by atoms with Crippen LogP contribution in [0.15, 0.2) is 12.1 Å². The fraction of sp³-hybridized carbons (Fsp3) is 0.562. The SMILES string of the molecule is COc1cc2c(cc1C1OCCCC1C#N)OC(C)C2. The Balaban J connectivity index is 2.00. The van der Waals surface area contributed by atoms with Gasteiger partial charge in [0.2, 0.25) is 0 Å². The molecule has 3 atom stereocenters. The van der Waals surface area contributed by atoms with Crippen molar-refractivity contribution in [3.05, 3.63) is 23.3 Å². The molecule has 0 aromatic heterocycles. The lowest BCUT2D eigenvalue weighted by Gasteiger charge is -2.29. The normalized spacial score (nSPS) is 28.4. The number of fused-ring (bicyclic) bond motifs is 1. The minimum absolute atomic E-state index is 0.116. The summed E-state index contributed by atoms with van der Waals surface area (Å²) >= 11 is 0. The third-order valence-electron chi connectivity index (χ3n) is 4.04. The van der Waals surface area contributed by atoms with E-state index in [1.54, 1.807) is 7.11 Å². The minimum Gasteiger partial charge on any atom is -0.496 e. The average Bonchev–Trinajstić information content (AvgIpc) is 2.84. The van der Waals surface area contributed by atoms with E-state index < -0.39 is 0 Å². The number of methoxy groups -OCH3 is 1. The quantitative estimate of drug-likeness (QED) is 0.831. The second-order valence-electron chi connectivity index (χ2n) is 5.50. The first-order chi connectivity index (χ1) is 9.72. The third kappa shape index (κ3) is 2.23. The smallest absolute Gasteiger partial charge is 0.125 e. The van der Waals surface area contributed by atoms with Crippen LogP contribution in [-0.2, 0) is 11.2 Å². The van der Waals surface area contributed by atoms with Gasteiger partial charge in [0.1, 0.15) is 23.7 Å². The summed E-state index contributed by atoms with van der Waals surface area (Å²) in [6, 6.07) is 6.39. The minimum atomic E-state index is -0.214. The summed E-state index contributed by atoms with van der Waals surface area (Å²) in [6.45, 7) is 2.75. The molecule has 3 rings (SSSR count). The molecule has 20 heavy (non-hydrogen) atoms. The van der Waals surface area contributed by atoms with E-state index in [9.17, 15) is 5.26 Å². The number of benzene rings is 1. The van der Waals surface area contributed by atoms with Gasteiger partial charge in [-0.25, -0.2) is 0 Å². The van der Waals surface area contributed by atoms with Crippen molar-refractivity contribution in [2.24, 2.45) is 5.92 Å². The molecule has 1 fully saturated rings. The van der Waals surface area contributed by atoms with Crippen LogP contribution < -0.4 is 9.47 Å². The van der Waals surface area contributed by atoms with Crippen molar-refractivity contribution in [2.45, 2.75) is 38.4 Å². The van der Waals surface area contributed by atoms with Crippen LogP contribution >= 0.6 is 0 Å². The van der Waals surface area contributed by atoms with Crippen molar-refractivity contribution in [1.82, 2.24) is 0 Å². The van der Waals surface area contributed by atoms with Crippen LogP contribution in [-0.4, -0.2) is 19.8 Å². The highest BCUT2D eigenvalue weighted by molar-refractivity contribution is 5.50. The highest BCUT2D eigenvalue weighted by atomic mass is 16.5. The maximum atomic E-state index is 9.32. The van der Waals surface area contributed by atoms with E-state index in [4.69, 9.17) is 14.2 Å². The lowest BCUT2D eigenvalue weighted by Crippen LogP contribution is -2.22. The molecule has 2 aliphatic heterocycles. The molecule has 0 radical (unpaired) electrons. The summed E-state index contributed by atoms with van der Waals surface area (Å²) in [5.74, 6) is 1.59. The molecule has 2 heterocycles. The Morgan fingerprint density at radius 2 is 2.25 bits per heavy atom. The molecule has 0 bridgehead atoms. The third-order valence-corrected chi connectivity index (χ3v) is 4.04. The standard InChI is InChI=1S/C16H19NO3/c1-10-6-12-7-15(18-2)13(8-14(12)20-10)16-11(9-17)4-3-5-19-16/h7-8,10-11,16H,3-6H2,1-2H3. The fourth-order valence-electron chi connectivity index (χ4n) is 3.07. The summed E-state index contributed by atoms with van der Waals surface area (Å²) in [5, 5.41) is 9.32.